The topological polar surface area (TPSA) is 64.9 Å². The van der Waals surface area contributed by atoms with E-state index in [0.29, 0.717) is 23.9 Å². The number of hydrogen-bond acceptors (Lipinski definition) is 4. The number of rotatable bonds is 3. The second-order valence-electron chi connectivity index (χ2n) is 5.12. The molecule has 0 aliphatic heterocycles. The number of halogens is 2. The van der Waals surface area contributed by atoms with Gasteiger partial charge in [-0.3, -0.25) is 0 Å². The summed E-state index contributed by atoms with van der Waals surface area (Å²) in [6, 6.07) is 3.56. The van der Waals surface area contributed by atoms with Crippen LogP contribution in [-0.2, 0) is 0 Å². The summed E-state index contributed by atoms with van der Waals surface area (Å²) in [6.45, 7) is 0.591. The Balaban J connectivity index is 1.88. The van der Waals surface area contributed by atoms with Gasteiger partial charge in [0.05, 0.1) is 0 Å². The van der Waals surface area contributed by atoms with Crippen LogP contribution in [0.5, 0.6) is 0 Å². The zero-order chi connectivity index (χ0) is 14.1. The Hall–Kier alpha value is -1.82. The standard InChI is InChI=1S/C14H15F2N3O/c15-11-5-4-8(6-12(11)16)13-18-14(20-19-13)10-3-1-2-9(10)7-17/h4-6,9-10H,1-3,7,17H2. The highest BCUT2D eigenvalue weighted by Crippen LogP contribution is 2.38. The molecule has 0 radical (unpaired) electrons. The van der Waals surface area contributed by atoms with Gasteiger partial charge in [0.2, 0.25) is 11.7 Å². The van der Waals surface area contributed by atoms with Gasteiger partial charge in [-0.15, -0.1) is 0 Å². The molecule has 3 rings (SSSR count). The van der Waals surface area contributed by atoms with Crippen LogP contribution in [0.4, 0.5) is 8.78 Å². The summed E-state index contributed by atoms with van der Waals surface area (Å²) in [5, 5.41) is 3.85. The van der Waals surface area contributed by atoms with Crippen molar-refractivity contribution >= 4 is 0 Å². The number of nitrogens with zero attached hydrogens (tertiary/aromatic N) is 2. The van der Waals surface area contributed by atoms with Gasteiger partial charge in [-0.25, -0.2) is 8.78 Å². The molecule has 1 aliphatic carbocycles. The molecular formula is C14H15F2N3O. The van der Waals surface area contributed by atoms with Gasteiger partial charge in [-0.1, -0.05) is 11.6 Å². The van der Waals surface area contributed by atoms with Gasteiger partial charge in [0, 0.05) is 11.5 Å². The largest absolute Gasteiger partial charge is 0.339 e. The highest BCUT2D eigenvalue weighted by Gasteiger charge is 2.32. The molecule has 6 heteroatoms. The maximum absolute atomic E-state index is 13.2. The normalized spacial score (nSPS) is 22.4. The maximum Gasteiger partial charge on any atom is 0.230 e. The van der Waals surface area contributed by atoms with Crippen LogP contribution in [0.3, 0.4) is 0 Å². The zero-order valence-corrected chi connectivity index (χ0v) is 10.9. The first-order valence-corrected chi connectivity index (χ1v) is 6.68. The summed E-state index contributed by atoms with van der Waals surface area (Å²) in [5.74, 6) is -0.468. The molecule has 1 aromatic heterocycles. The van der Waals surface area contributed by atoms with Gasteiger partial charge < -0.3 is 10.3 Å². The van der Waals surface area contributed by atoms with Crippen molar-refractivity contribution in [1.82, 2.24) is 10.1 Å². The summed E-state index contributed by atoms with van der Waals surface area (Å²) in [5.41, 5.74) is 6.14. The zero-order valence-electron chi connectivity index (χ0n) is 10.9. The Morgan fingerprint density at radius 3 is 2.85 bits per heavy atom. The van der Waals surface area contributed by atoms with E-state index in [1.165, 1.54) is 6.07 Å². The van der Waals surface area contributed by atoms with E-state index in [-0.39, 0.29) is 11.7 Å². The highest BCUT2D eigenvalue weighted by molar-refractivity contribution is 5.54. The number of aromatic nitrogens is 2. The molecule has 0 bridgehead atoms. The van der Waals surface area contributed by atoms with Crippen molar-refractivity contribution in [3.05, 3.63) is 35.7 Å². The maximum atomic E-state index is 13.2. The fourth-order valence-electron chi connectivity index (χ4n) is 2.78. The summed E-state index contributed by atoms with van der Waals surface area (Å²) in [6.07, 6.45) is 3.13. The van der Waals surface area contributed by atoms with E-state index in [9.17, 15) is 8.78 Å². The van der Waals surface area contributed by atoms with Gasteiger partial charge in [-0.2, -0.15) is 4.98 Å². The monoisotopic (exact) mass is 279 g/mol. The molecule has 20 heavy (non-hydrogen) atoms. The van der Waals surface area contributed by atoms with E-state index < -0.39 is 11.6 Å². The average molecular weight is 279 g/mol. The van der Waals surface area contributed by atoms with Crippen molar-refractivity contribution in [3.63, 3.8) is 0 Å². The van der Waals surface area contributed by atoms with Crippen LogP contribution in [0.15, 0.2) is 22.7 Å². The minimum Gasteiger partial charge on any atom is -0.339 e. The Labute approximate surface area is 115 Å². The number of hydrogen-bond donors (Lipinski definition) is 1. The molecule has 1 aliphatic rings. The smallest absolute Gasteiger partial charge is 0.230 e. The first kappa shape index (κ1) is 13.2. The van der Waals surface area contributed by atoms with Crippen LogP contribution in [0.2, 0.25) is 0 Å². The van der Waals surface area contributed by atoms with Gasteiger partial charge in [0.15, 0.2) is 11.6 Å². The molecule has 0 spiro atoms. The Morgan fingerprint density at radius 1 is 1.25 bits per heavy atom. The van der Waals surface area contributed by atoms with Crippen molar-refractivity contribution in [2.45, 2.75) is 25.2 Å². The molecule has 2 N–H and O–H groups in total. The molecule has 0 amide bonds. The Kier molecular flexibility index (Phi) is 3.48. The lowest BCUT2D eigenvalue weighted by Crippen LogP contribution is -2.17. The highest BCUT2D eigenvalue weighted by atomic mass is 19.2. The second kappa shape index (κ2) is 5.28. The minimum atomic E-state index is -0.922. The van der Waals surface area contributed by atoms with Crippen molar-refractivity contribution in [2.24, 2.45) is 11.7 Å². The van der Waals surface area contributed by atoms with Crippen LogP contribution in [-0.4, -0.2) is 16.7 Å². The van der Waals surface area contributed by atoms with Crippen molar-refractivity contribution in [3.8, 4) is 11.4 Å². The van der Waals surface area contributed by atoms with Crippen molar-refractivity contribution in [2.75, 3.05) is 6.54 Å². The van der Waals surface area contributed by atoms with Crippen LogP contribution in [0.1, 0.15) is 31.1 Å². The van der Waals surface area contributed by atoms with E-state index in [1.54, 1.807) is 0 Å². The number of benzene rings is 1. The van der Waals surface area contributed by atoms with Crippen LogP contribution >= 0.6 is 0 Å². The predicted octanol–water partition coefficient (Wildman–Crippen LogP) is 2.86. The fourth-order valence-corrected chi connectivity index (χ4v) is 2.78. The third-order valence-electron chi connectivity index (χ3n) is 3.90. The number of nitrogens with two attached hydrogens (primary N) is 1. The lowest BCUT2D eigenvalue weighted by molar-refractivity contribution is 0.326. The van der Waals surface area contributed by atoms with Crippen LogP contribution in [0, 0.1) is 17.6 Å². The van der Waals surface area contributed by atoms with Gasteiger partial charge in [0.25, 0.3) is 0 Å². The van der Waals surface area contributed by atoms with Crippen molar-refractivity contribution < 1.29 is 13.3 Å². The third-order valence-corrected chi connectivity index (χ3v) is 3.90. The van der Waals surface area contributed by atoms with Gasteiger partial charge in [0.1, 0.15) is 0 Å². The molecule has 2 aromatic rings. The second-order valence-corrected chi connectivity index (χ2v) is 5.12. The Bertz CT molecular complexity index is 614. The summed E-state index contributed by atoms with van der Waals surface area (Å²) in [7, 11) is 0. The molecule has 2 unspecified atom stereocenters. The molecule has 1 aromatic carbocycles. The first-order valence-electron chi connectivity index (χ1n) is 6.68. The van der Waals surface area contributed by atoms with E-state index in [1.807, 2.05) is 0 Å². The fraction of sp³-hybridized carbons (Fsp3) is 0.429. The van der Waals surface area contributed by atoms with Gasteiger partial charge in [-0.05, 0) is 43.5 Å². The Morgan fingerprint density at radius 2 is 2.10 bits per heavy atom. The third kappa shape index (κ3) is 2.31. The van der Waals surface area contributed by atoms with E-state index in [0.717, 1.165) is 31.4 Å². The summed E-state index contributed by atoms with van der Waals surface area (Å²) < 4.78 is 31.4. The summed E-state index contributed by atoms with van der Waals surface area (Å²) in [4.78, 5) is 4.31. The van der Waals surface area contributed by atoms with Crippen LogP contribution in [0.25, 0.3) is 11.4 Å². The molecule has 1 fully saturated rings. The van der Waals surface area contributed by atoms with E-state index in [4.69, 9.17) is 10.3 Å². The quantitative estimate of drug-likeness (QED) is 0.938. The summed E-state index contributed by atoms with van der Waals surface area (Å²) >= 11 is 0. The van der Waals surface area contributed by atoms with Crippen molar-refractivity contribution in [1.29, 1.82) is 0 Å². The molecule has 1 saturated carbocycles. The van der Waals surface area contributed by atoms with E-state index in [2.05, 4.69) is 10.1 Å². The molecule has 2 atom stereocenters. The molecule has 106 valence electrons. The lowest BCUT2D eigenvalue weighted by atomic mass is 9.96. The molecular weight excluding hydrogens is 264 g/mol. The minimum absolute atomic E-state index is 0.173. The van der Waals surface area contributed by atoms with E-state index >= 15 is 0 Å². The molecule has 4 nitrogen and oxygen atoms in total. The van der Waals surface area contributed by atoms with Crippen LogP contribution < -0.4 is 5.73 Å². The lowest BCUT2D eigenvalue weighted by Gasteiger charge is -2.12. The van der Waals surface area contributed by atoms with Gasteiger partial charge >= 0.3 is 0 Å². The SMILES string of the molecule is NCC1CCCC1c1nc(-c2ccc(F)c(F)c2)no1. The predicted molar refractivity (Wildman–Crippen MR) is 68.8 cm³/mol. The average Bonchev–Trinajstić information content (AvgIpc) is 3.09. The molecule has 1 heterocycles. The molecule has 0 saturated heterocycles. The first-order chi connectivity index (χ1) is 9.69.